The van der Waals surface area contributed by atoms with E-state index in [1.54, 1.807) is 0 Å². The summed E-state index contributed by atoms with van der Waals surface area (Å²) >= 11 is 0. The Morgan fingerprint density at radius 2 is 1.66 bits per heavy atom. The van der Waals surface area contributed by atoms with E-state index in [1.165, 1.54) is 23.5 Å². The van der Waals surface area contributed by atoms with Crippen molar-refractivity contribution in [2.45, 2.75) is 32.2 Å². The Morgan fingerprint density at radius 3 is 2.37 bits per heavy atom. The first-order valence-electron chi connectivity index (χ1n) is 11.4. The van der Waals surface area contributed by atoms with Gasteiger partial charge in [-0.15, -0.1) is 13.2 Å². The molecule has 0 radical (unpaired) electrons. The van der Waals surface area contributed by atoms with E-state index in [1.807, 2.05) is 30.5 Å². The zero-order valence-corrected chi connectivity index (χ0v) is 18.8. The second kappa shape index (κ2) is 9.09. The van der Waals surface area contributed by atoms with Gasteiger partial charge in [-0.05, 0) is 49.6 Å². The minimum absolute atomic E-state index is 0.129. The molecule has 2 aromatic carbocycles. The number of benzene rings is 2. The number of hydrogen-bond acceptors (Lipinski definition) is 5. The maximum Gasteiger partial charge on any atom is 0.573 e. The standard InChI is InChI=1S/C25H23F3N4O3/c26-25(27,28)35-18-10-8-17(9-11-18)32-23(33)16-31(24(32)34)15-20-19-6-2-3-7-21(19)29-14-22(20)30-12-4-1-5-13-30/h2-3,6-11,14H,1,4-5,12-13,15-16H2. The van der Waals surface area contributed by atoms with E-state index in [4.69, 9.17) is 0 Å². The van der Waals surface area contributed by atoms with Gasteiger partial charge in [0.25, 0.3) is 5.91 Å². The Kier molecular flexibility index (Phi) is 5.96. The molecule has 5 rings (SSSR count). The second-order valence-corrected chi connectivity index (χ2v) is 8.60. The van der Waals surface area contributed by atoms with E-state index in [-0.39, 0.29) is 18.8 Å². The van der Waals surface area contributed by atoms with Crippen molar-refractivity contribution >= 4 is 34.2 Å². The molecule has 0 unspecified atom stereocenters. The third kappa shape index (κ3) is 4.73. The summed E-state index contributed by atoms with van der Waals surface area (Å²) in [7, 11) is 0. The first-order valence-corrected chi connectivity index (χ1v) is 11.4. The van der Waals surface area contributed by atoms with Gasteiger partial charge in [-0.1, -0.05) is 18.2 Å². The zero-order chi connectivity index (χ0) is 24.6. The van der Waals surface area contributed by atoms with Crippen LogP contribution in [-0.4, -0.2) is 47.8 Å². The average Bonchev–Trinajstić information content (AvgIpc) is 3.12. The van der Waals surface area contributed by atoms with Crippen molar-refractivity contribution in [2.75, 3.05) is 29.4 Å². The lowest BCUT2D eigenvalue weighted by atomic mass is 10.0. The summed E-state index contributed by atoms with van der Waals surface area (Å²) in [4.78, 5) is 35.4. The van der Waals surface area contributed by atoms with Crippen molar-refractivity contribution in [1.82, 2.24) is 9.88 Å². The van der Waals surface area contributed by atoms with Gasteiger partial charge in [-0.3, -0.25) is 9.78 Å². The molecule has 0 saturated carbocycles. The fourth-order valence-corrected chi connectivity index (χ4v) is 4.68. The summed E-state index contributed by atoms with van der Waals surface area (Å²) in [6.45, 7) is 1.89. The normalized spacial score (nSPS) is 16.9. The van der Waals surface area contributed by atoms with Crippen LogP contribution in [0.4, 0.5) is 29.3 Å². The van der Waals surface area contributed by atoms with Crippen LogP contribution in [0, 0.1) is 0 Å². The molecule has 3 aromatic rings. The van der Waals surface area contributed by atoms with Crippen LogP contribution >= 0.6 is 0 Å². The fourth-order valence-electron chi connectivity index (χ4n) is 4.68. The van der Waals surface area contributed by atoms with Gasteiger partial charge in [0.1, 0.15) is 12.3 Å². The van der Waals surface area contributed by atoms with Crippen molar-refractivity contribution < 1.29 is 27.5 Å². The molecule has 10 heteroatoms. The fraction of sp³-hybridized carbons (Fsp3) is 0.320. The van der Waals surface area contributed by atoms with Crippen molar-refractivity contribution in [1.29, 1.82) is 0 Å². The highest BCUT2D eigenvalue weighted by atomic mass is 19.4. The molecule has 3 heterocycles. The predicted molar refractivity (Wildman–Crippen MR) is 124 cm³/mol. The molecule has 35 heavy (non-hydrogen) atoms. The lowest BCUT2D eigenvalue weighted by molar-refractivity contribution is -0.274. The minimum Gasteiger partial charge on any atom is -0.406 e. The molecule has 2 fully saturated rings. The number of amides is 3. The molecule has 2 saturated heterocycles. The number of nitrogens with zero attached hydrogens (tertiary/aromatic N) is 4. The van der Waals surface area contributed by atoms with Gasteiger partial charge in [-0.25, -0.2) is 9.69 Å². The number of aromatic nitrogens is 1. The van der Waals surface area contributed by atoms with Crippen LogP contribution in [0.2, 0.25) is 0 Å². The molecule has 182 valence electrons. The number of anilines is 2. The smallest absolute Gasteiger partial charge is 0.406 e. The number of carbonyl (C=O) groups excluding carboxylic acids is 2. The topological polar surface area (TPSA) is 66.0 Å². The Balaban J connectivity index is 1.43. The van der Waals surface area contributed by atoms with Crippen molar-refractivity contribution in [3.63, 3.8) is 0 Å². The quantitative estimate of drug-likeness (QED) is 0.472. The number of fused-ring (bicyclic) bond motifs is 1. The Hall–Kier alpha value is -3.82. The number of alkyl halides is 3. The Morgan fingerprint density at radius 1 is 0.943 bits per heavy atom. The van der Waals surface area contributed by atoms with E-state index >= 15 is 0 Å². The van der Waals surface area contributed by atoms with Gasteiger partial charge in [0.2, 0.25) is 0 Å². The zero-order valence-electron chi connectivity index (χ0n) is 18.8. The minimum atomic E-state index is -4.82. The number of carbonyl (C=O) groups is 2. The maximum absolute atomic E-state index is 13.2. The van der Waals surface area contributed by atoms with Crippen LogP contribution in [0.5, 0.6) is 5.75 Å². The van der Waals surface area contributed by atoms with Gasteiger partial charge in [-0.2, -0.15) is 0 Å². The second-order valence-electron chi connectivity index (χ2n) is 8.60. The molecule has 0 bridgehead atoms. The number of halogens is 3. The molecule has 0 aliphatic carbocycles. The number of imide groups is 1. The van der Waals surface area contributed by atoms with Gasteiger partial charge in [0, 0.05) is 24.0 Å². The van der Waals surface area contributed by atoms with Gasteiger partial charge in [0.15, 0.2) is 0 Å². The maximum atomic E-state index is 13.2. The van der Waals surface area contributed by atoms with Crippen molar-refractivity contribution in [3.05, 3.63) is 60.3 Å². The molecule has 0 N–H and O–H groups in total. The lowest BCUT2D eigenvalue weighted by Crippen LogP contribution is -2.34. The van der Waals surface area contributed by atoms with Crippen LogP contribution in [0.15, 0.2) is 54.7 Å². The van der Waals surface area contributed by atoms with Crippen LogP contribution in [0.3, 0.4) is 0 Å². The number of hydrogen-bond donors (Lipinski definition) is 0. The average molecular weight is 484 g/mol. The summed E-state index contributed by atoms with van der Waals surface area (Å²) < 4.78 is 41.2. The molecule has 7 nitrogen and oxygen atoms in total. The largest absolute Gasteiger partial charge is 0.573 e. The molecule has 0 atom stereocenters. The van der Waals surface area contributed by atoms with Gasteiger partial charge < -0.3 is 14.5 Å². The summed E-state index contributed by atoms with van der Waals surface area (Å²) in [5.74, 6) is -0.871. The van der Waals surface area contributed by atoms with E-state index in [0.29, 0.717) is 0 Å². The van der Waals surface area contributed by atoms with E-state index in [2.05, 4.69) is 14.6 Å². The third-order valence-corrected chi connectivity index (χ3v) is 6.28. The number of rotatable bonds is 5. The lowest BCUT2D eigenvalue weighted by Gasteiger charge is -2.31. The third-order valence-electron chi connectivity index (χ3n) is 6.28. The van der Waals surface area contributed by atoms with Crippen molar-refractivity contribution in [2.24, 2.45) is 0 Å². The molecular formula is C25H23F3N4O3. The van der Waals surface area contributed by atoms with E-state index < -0.39 is 24.1 Å². The molecule has 1 aromatic heterocycles. The first kappa shape index (κ1) is 22.9. The van der Waals surface area contributed by atoms with Crippen LogP contribution in [-0.2, 0) is 11.3 Å². The van der Waals surface area contributed by atoms with E-state index in [0.717, 1.165) is 65.1 Å². The van der Waals surface area contributed by atoms with Crippen LogP contribution < -0.4 is 14.5 Å². The summed E-state index contributed by atoms with van der Waals surface area (Å²) in [6.07, 6.45) is 0.345. The Bertz CT molecular complexity index is 1260. The van der Waals surface area contributed by atoms with Crippen LogP contribution in [0.25, 0.3) is 10.9 Å². The van der Waals surface area contributed by atoms with E-state index in [9.17, 15) is 22.8 Å². The molecule has 3 amide bonds. The number of urea groups is 1. The summed E-state index contributed by atoms with van der Waals surface area (Å²) in [5, 5.41) is 0.919. The monoisotopic (exact) mass is 484 g/mol. The number of piperidine rings is 1. The molecular weight excluding hydrogens is 461 g/mol. The molecule has 2 aliphatic rings. The van der Waals surface area contributed by atoms with Crippen LogP contribution in [0.1, 0.15) is 24.8 Å². The highest BCUT2D eigenvalue weighted by Gasteiger charge is 2.38. The molecule has 2 aliphatic heterocycles. The number of pyridine rings is 1. The first-order chi connectivity index (χ1) is 16.8. The summed E-state index contributed by atoms with van der Waals surface area (Å²) in [6, 6.07) is 11.9. The van der Waals surface area contributed by atoms with Crippen molar-refractivity contribution in [3.8, 4) is 5.75 Å². The highest BCUT2D eigenvalue weighted by Crippen LogP contribution is 2.33. The Labute approximate surface area is 199 Å². The summed E-state index contributed by atoms with van der Waals surface area (Å²) in [5.41, 5.74) is 2.87. The number of ether oxygens (including phenoxy) is 1. The number of para-hydroxylation sites is 1. The predicted octanol–water partition coefficient (Wildman–Crippen LogP) is 5.09. The SMILES string of the molecule is O=C1CN(Cc2c(N3CCCCC3)cnc3ccccc23)C(=O)N1c1ccc(OC(F)(F)F)cc1. The van der Waals surface area contributed by atoms with Gasteiger partial charge >= 0.3 is 12.4 Å². The molecule has 0 spiro atoms. The highest BCUT2D eigenvalue weighted by molar-refractivity contribution is 6.19. The van der Waals surface area contributed by atoms with Gasteiger partial charge in [0.05, 0.1) is 29.6 Å².